The van der Waals surface area contributed by atoms with Gasteiger partial charge in [-0.05, 0) is 30.8 Å². The Morgan fingerprint density at radius 2 is 1.83 bits per heavy atom. The van der Waals surface area contributed by atoms with Crippen LogP contribution in [0.4, 0.5) is 5.69 Å². The van der Waals surface area contributed by atoms with Crippen LogP contribution in [0, 0.1) is 6.92 Å². The highest BCUT2D eigenvalue weighted by Gasteiger charge is 2.08. The second-order valence-electron chi connectivity index (χ2n) is 4.15. The summed E-state index contributed by atoms with van der Waals surface area (Å²) < 4.78 is 0. The number of fused-ring (bicyclic) bond motifs is 2. The highest BCUT2D eigenvalue weighted by molar-refractivity contribution is 7.78. The molecule has 2 aromatic carbocycles. The Bertz CT molecular complexity index is 802. The van der Waals surface area contributed by atoms with Crippen molar-refractivity contribution in [2.45, 2.75) is 6.92 Å². The molecule has 86 valence electrons. The van der Waals surface area contributed by atoms with Crippen molar-refractivity contribution in [1.82, 2.24) is 4.98 Å². The zero-order valence-corrected chi connectivity index (χ0v) is 10.7. The van der Waals surface area contributed by atoms with Crippen molar-refractivity contribution in [2.24, 2.45) is 4.99 Å². The van der Waals surface area contributed by atoms with Crippen molar-refractivity contribution in [3.05, 3.63) is 48.0 Å². The number of pyridine rings is 1. The molecule has 0 aliphatic heterocycles. The van der Waals surface area contributed by atoms with Gasteiger partial charge < -0.3 is 0 Å². The van der Waals surface area contributed by atoms with E-state index in [1.807, 2.05) is 36.4 Å². The lowest BCUT2D eigenvalue weighted by Crippen LogP contribution is -1.86. The SMILES string of the molecule is Cc1cccc2c(N=C=S)c3ccccc3nc12. The minimum absolute atomic E-state index is 0.856. The normalized spacial score (nSPS) is 10.5. The average Bonchev–Trinajstić information content (AvgIpc) is 2.40. The maximum Gasteiger partial charge on any atom is 0.0927 e. The molecule has 3 heteroatoms. The van der Waals surface area contributed by atoms with Gasteiger partial charge in [0.25, 0.3) is 0 Å². The lowest BCUT2D eigenvalue weighted by Gasteiger charge is -2.07. The largest absolute Gasteiger partial charge is 0.247 e. The summed E-state index contributed by atoms with van der Waals surface area (Å²) in [4.78, 5) is 8.93. The Morgan fingerprint density at radius 3 is 2.67 bits per heavy atom. The molecule has 0 unspecified atom stereocenters. The number of aliphatic imine (C=N–C) groups is 1. The molecular weight excluding hydrogens is 240 g/mol. The fraction of sp³-hybridized carbons (Fsp3) is 0.0667. The molecule has 0 fully saturated rings. The van der Waals surface area contributed by atoms with Crippen LogP contribution < -0.4 is 0 Å². The summed E-state index contributed by atoms with van der Waals surface area (Å²) in [6.45, 7) is 2.05. The highest BCUT2D eigenvalue weighted by Crippen LogP contribution is 2.33. The number of nitrogens with zero attached hydrogens (tertiary/aromatic N) is 2. The van der Waals surface area contributed by atoms with Crippen molar-refractivity contribution >= 4 is 44.9 Å². The van der Waals surface area contributed by atoms with Crippen LogP contribution in [0.3, 0.4) is 0 Å². The van der Waals surface area contributed by atoms with Gasteiger partial charge in [-0.15, -0.1) is 0 Å². The van der Waals surface area contributed by atoms with Crippen molar-refractivity contribution in [3.8, 4) is 0 Å². The predicted molar refractivity (Wildman–Crippen MR) is 78.7 cm³/mol. The summed E-state index contributed by atoms with van der Waals surface area (Å²) >= 11 is 4.76. The summed E-state index contributed by atoms with van der Waals surface area (Å²) in [7, 11) is 0. The van der Waals surface area contributed by atoms with Crippen LogP contribution in [0.25, 0.3) is 21.8 Å². The van der Waals surface area contributed by atoms with E-state index >= 15 is 0 Å². The molecule has 0 saturated heterocycles. The van der Waals surface area contributed by atoms with Crippen molar-refractivity contribution in [3.63, 3.8) is 0 Å². The Morgan fingerprint density at radius 1 is 1.06 bits per heavy atom. The van der Waals surface area contributed by atoms with E-state index in [1.165, 1.54) is 0 Å². The van der Waals surface area contributed by atoms with Gasteiger partial charge in [0.05, 0.1) is 21.9 Å². The Hall–Kier alpha value is -2.09. The van der Waals surface area contributed by atoms with E-state index in [2.05, 4.69) is 23.1 Å². The topological polar surface area (TPSA) is 25.2 Å². The number of aryl methyl sites for hydroxylation is 1. The number of benzene rings is 2. The van der Waals surface area contributed by atoms with Gasteiger partial charge in [0, 0.05) is 10.8 Å². The molecule has 3 aromatic rings. The van der Waals surface area contributed by atoms with E-state index in [4.69, 9.17) is 17.2 Å². The van der Waals surface area contributed by atoms with Gasteiger partial charge >= 0.3 is 0 Å². The molecule has 1 aromatic heterocycles. The minimum Gasteiger partial charge on any atom is -0.247 e. The van der Waals surface area contributed by atoms with Crippen LogP contribution in [-0.2, 0) is 0 Å². The summed E-state index contributed by atoms with van der Waals surface area (Å²) in [6, 6.07) is 14.0. The maximum atomic E-state index is 4.76. The van der Waals surface area contributed by atoms with Gasteiger partial charge in [-0.1, -0.05) is 36.4 Å². The van der Waals surface area contributed by atoms with E-state index < -0.39 is 0 Å². The van der Waals surface area contributed by atoms with Crippen LogP contribution in [0.5, 0.6) is 0 Å². The molecule has 1 heterocycles. The smallest absolute Gasteiger partial charge is 0.0927 e. The predicted octanol–water partition coefficient (Wildman–Crippen LogP) is 4.43. The van der Waals surface area contributed by atoms with E-state index in [9.17, 15) is 0 Å². The molecule has 0 aliphatic rings. The number of hydrogen-bond acceptors (Lipinski definition) is 3. The lowest BCUT2D eigenvalue weighted by atomic mass is 10.1. The first kappa shape index (κ1) is 11.0. The van der Waals surface area contributed by atoms with Crippen molar-refractivity contribution in [2.75, 3.05) is 0 Å². The first-order valence-corrected chi connectivity index (χ1v) is 6.08. The monoisotopic (exact) mass is 250 g/mol. The summed E-state index contributed by atoms with van der Waals surface area (Å²) in [5, 5.41) is 4.50. The van der Waals surface area contributed by atoms with Gasteiger partial charge in [-0.25, -0.2) is 4.98 Å². The standard InChI is InChI=1S/C15H10N2S/c1-10-5-4-7-12-14(10)17-13-8-3-2-6-11(13)15(12)16-9-18/h2-8H,1H3. The lowest BCUT2D eigenvalue weighted by molar-refractivity contribution is 1.41. The van der Waals surface area contributed by atoms with Gasteiger partial charge in [0.15, 0.2) is 0 Å². The molecule has 0 bridgehead atoms. The second kappa shape index (κ2) is 4.30. The molecule has 18 heavy (non-hydrogen) atoms. The second-order valence-corrected chi connectivity index (χ2v) is 4.33. The number of isothiocyanates is 1. The molecule has 0 amide bonds. The molecule has 3 rings (SSSR count). The maximum absolute atomic E-state index is 4.76. The van der Waals surface area contributed by atoms with Crippen LogP contribution in [0.1, 0.15) is 5.56 Å². The van der Waals surface area contributed by atoms with Crippen LogP contribution in [0.15, 0.2) is 47.5 Å². The fourth-order valence-electron chi connectivity index (χ4n) is 2.20. The first-order valence-electron chi connectivity index (χ1n) is 5.67. The van der Waals surface area contributed by atoms with E-state index in [1.54, 1.807) is 0 Å². The van der Waals surface area contributed by atoms with Crippen LogP contribution >= 0.6 is 12.2 Å². The summed E-state index contributed by atoms with van der Waals surface area (Å²) in [5.74, 6) is 0. The third kappa shape index (κ3) is 1.61. The number of thiocarbonyl (C=S) groups is 1. The van der Waals surface area contributed by atoms with Crippen LogP contribution in [0.2, 0.25) is 0 Å². The number of aromatic nitrogens is 1. The van der Waals surface area contributed by atoms with Gasteiger partial charge in [0.1, 0.15) is 0 Å². The average molecular weight is 250 g/mol. The molecule has 0 N–H and O–H groups in total. The highest BCUT2D eigenvalue weighted by atomic mass is 32.1. The van der Waals surface area contributed by atoms with E-state index in [0.717, 1.165) is 33.1 Å². The molecule has 0 aliphatic carbocycles. The summed E-state index contributed by atoms with van der Waals surface area (Å²) in [5.41, 5.74) is 3.90. The minimum atomic E-state index is 0.856. The third-order valence-corrected chi connectivity index (χ3v) is 3.13. The van der Waals surface area contributed by atoms with Gasteiger partial charge in [-0.3, -0.25) is 0 Å². The zero-order chi connectivity index (χ0) is 12.5. The third-order valence-electron chi connectivity index (χ3n) is 3.04. The molecule has 0 atom stereocenters. The fourth-order valence-corrected chi connectivity index (χ4v) is 2.29. The number of hydrogen-bond donors (Lipinski definition) is 0. The van der Waals surface area contributed by atoms with Gasteiger partial charge in [-0.2, -0.15) is 4.99 Å². The molecule has 0 spiro atoms. The van der Waals surface area contributed by atoms with Crippen molar-refractivity contribution in [1.29, 1.82) is 0 Å². The molecular formula is C15H10N2S. The summed E-state index contributed by atoms with van der Waals surface area (Å²) in [6.07, 6.45) is 0. The quantitative estimate of drug-likeness (QED) is 0.362. The Labute approximate surface area is 110 Å². The van der Waals surface area contributed by atoms with Gasteiger partial charge in [0.2, 0.25) is 0 Å². The Balaban J connectivity index is 2.62. The molecule has 0 saturated carbocycles. The molecule has 2 nitrogen and oxygen atoms in total. The van der Waals surface area contributed by atoms with E-state index in [-0.39, 0.29) is 0 Å². The zero-order valence-electron chi connectivity index (χ0n) is 9.84. The van der Waals surface area contributed by atoms with Crippen LogP contribution in [-0.4, -0.2) is 10.1 Å². The van der Waals surface area contributed by atoms with E-state index in [0.29, 0.717) is 0 Å². The first-order chi connectivity index (χ1) is 8.81. The number of para-hydroxylation sites is 2. The van der Waals surface area contributed by atoms with Crippen molar-refractivity contribution < 1.29 is 0 Å². The number of rotatable bonds is 1. The Kier molecular flexibility index (Phi) is 2.63. The molecule has 0 radical (unpaired) electrons.